The van der Waals surface area contributed by atoms with Crippen molar-refractivity contribution in [3.8, 4) is 5.75 Å². The normalized spacial score (nSPS) is 30.2. The molecule has 0 unspecified atom stereocenters. The van der Waals surface area contributed by atoms with E-state index in [9.17, 15) is 22.0 Å². The average Bonchev–Trinajstić information content (AvgIpc) is 2.92. The highest BCUT2D eigenvalue weighted by Gasteiger charge is 2.45. The second-order valence-electron chi connectivity index (χ2n) is 11.5. The number of halogens is 6. The van der Waals surface area contributed by atoms with E-state index in [1.807, 2.05) is 19.1 Å². The Kier molecular flexibility index (Phi) is 8.48. The van der Waals surface area contributed by atoms with Crippen LogP contribution in [0.1, 0.15) is 81.6 Å². The molecule has 2 aliphatic carbocycles. The molecular weight excluding hydrogens is 522 g/mol. The second kappa shape index (κ2) is 11.7. The minimum atomic E-state index is -3.62. The molecule has 0 N–H and O–H groups in total. The Hall–Kier alpha value is -2.26. The number of benzene rings is 2. The predicted octanol–water partition coefficient (Wildman–Crippen LogP) is 8.68. The Morgan fingerprint density at radius 1 is 0.744 bits per heavy atom. The van der Waals surface area contributed by atoms with E-state index in [0.717, 1.165) is 25.7 Å². The summed E-state index contributed by atoms with van der Waals surface area (Å²) in [7, 11) is 0. The van der Waals surface area contributed by atoms with Crippen LogP contribution in [0.3, 0.4) is 0 Å². The maximum Gasteiger partial charge on any atom is 0.400 e. The van der Waals surface area contributed by atoms with Gasteiger partial charge in [-0.1, -0.05) is 19.1 Å². The molecule has 0 amide bonds. The second-order valence-corrected chi connectivity index (χ2v) is 11.5. The summed E-state index contributed by atoms with van der Waals surface area (Å²) in [6, 6.07) is 6.10. The Morgan fingerprint density at radius 3 is 1.87 bits per heavy atom. The monoisotopic (exact) mass is 556 g/mol. The number of alkyl halides is 2. The Bertz CT molecular complexity index is 1110. The molecular formula is C30H34F6O3. The summed E-state index contributed by atoms with van der Waals surface area (Å²) in [5.41, 5.74) is 1.39. The molecule has 1 saturated heterocycles. The quantitative estimate of drug-likeness (QED) is 0.263. The van der Waals surface area contributed by atoms with Crippen molar-refractivity contribution in [3.63, 3.8) is 0 Å². The lowest BCUT2D eigenvalue weighted by Crippen LogP contribution is -2.38. The van der Waals surface area contributed by atoms with Gasteiger partial charge in [-0.3, -0.25) is 0 Å². The first kappa shape index (κ1) is 28.3. The maximum absolute atomic E-state index is 15.0. The molecule has 2 aromatic carbocycles. The summed E-state index contributed by atoms with van der Waals surface area (Å²) >= 11 is 0. The van der Waals surface area contributed by atoms with Gasteiger partial charge < -0.3 is 14.2 Å². The first-order valence-corrected chi connectivity index (χ1v) is 13.8. The Morgan fingerprint density at radius 2 is 1.31 bits per heavy atom. The first-order chi connectivity index (χ1) is 18.6. The molecule has 0 radical (unpaired) electrons. The van der Waals surface area contributed by atoms with E-state index in [0.29, 0.717) is 67.1 Å². The Balaban J connectivity index is 1.11. The van der Waals surface area contributed by atoms with Crippen molar-refractivity contribution in [2.24, 2.45) is 23.7 Å². The SMILES string of the molecule is CC1COC(c2ccc(C3CCC(C4CCC(C(F)(F)Oc5cc(F)c(F)c(F)c5)CC4)CC3)c(F)c2)OC1. The van der Waals surface area contributed by atoms with Crippen LogP contribution in [0.15, 0.2) is 30.3 Å². The van der Waals surface area contributed by atoms with E-state index in [2.05, 4.69) is 4.74 Å². The summed E-state index contributed by atoms with van der Waals surface area (Å²) < 4.78 is 101. The molecule has 3 nitrogen and oxygen atoms in total. The van der Waals surface area contributed by atoms with Crippen LogP contribution in [0.25, 0.3) is 0 Å². The summed E-state index contributed by atoms with van der Waals surface area (Å²) in [6.45, 7) is 3.20. The molecule has 3 fully saturated rings. The predicted molar refractivity (Wildman–Crippen MR) is 132 cm³/mol. The lowest BCUT2D eigenvalue weighted by Gasteiger charge is -2.39. The van der Waals surface area contributed by atoms with E-state index in [-0.39, 0.29) is 24.6 Å². The van der Waals surface area contributed by atoms with Gasteiger partial charge in [0.05, 0.1) is 19.1 Å². The molecule has 3 aliphatic rings. The van der Waals surface area contributed by atoms with E-state index in [4.69, 9.17) is 9.47 Å². The highest BCUT2D eigenvalue weighted by Crippen LogP contribution is 2.47. The van der Waals surface area contributed by atoms with Crippen LogP contribution < -0.4 is 4.74 Å². The van der Waals surface area contributed by atoms with Gasteiger partial charge in [0, 0.05) is 23.6 Å². The molecule has 5 rings (SSSR count). The molecule has 0 spiro atoms. The van der Waals surface area contributed by atoms with Crippen molar-refractivity contribution < 1.29 is 40.6 Å². The summed E-state index contributed by atoms with van der Waals surface area (Å²) in [5.74, 6) is -5.80. The Labute approximate surface area is 224 Å². The van der Waals surface area contributed by atoms with Crippen LogP contribution in [-0.2, 0) is 9.47 Å². The van der Waals surface area contributed by atoms with Gasteiger partial charge in [0.15, 0.2) is 23.7 Å². The van der Waals surface area contributed by atoms with Gasteiger partial charge in [0.25, 0.3) is 0 Å². The molecule has 1 heterocycles. The highest BCUT2D eigenvalue weighted by atomic mass is 19.3. The largest absolute Gasteiger partial charge is 0.432 e. The summed E-state index contributed by atoms with van der Waals surface area (Å²) in [4.78, 5) is 0. The number of hydrogen-bond acceptors (Lipinski definition) is 3. The van der Waals surface area contributed by atoms with Crippen LogP contribution >= 0.6 is 0 Å². The van der Waals surface area contributed by atoms with E-state index >= 15 is 4.39 Å². The van der Waals surface area contributed by atoms with Crippen LogP contribution in [0.2, 0.25) is 0 Å². The highest BCUT2D eigenvalue weighted by molar-refractivity contribution is 5.29. The summed E-state index contributed by atoms with van der Waals surface area (Å²) in [5, 5.41) is 0. The minimum Gasteiger partial charge on any atom is -0.432 e. The third-order valence-electron chi connectivity index (χ3n) is 8.70. The van der Waals surface area contributed by atoms with Crippen LogP contribution in [0, 0.1) is 46.9 Å². The zero-order valence-electron chi connectivity index (χ0n) is 21.9. The van der Waals surface area contributed by atoms with Gasteiger partial charge in [-0.05, 0) is 80.8 Å². The van der Waals surface area contributed by atoms with Crippen molar-refractivity contribution in [1.82, 2.24) is 0 Å². The fourth-order valence-corrected chi connectivity index (χ4v) is 6.47. The lowest BCUT2D eigenvalue weighted by atomic mass is 9.68. The van der Waals surface area contributed by atoms with Gasteiger partial charge in [-0.2, -0.15) is 8.78 Å². The fourth-order valence-electron chi connectivity index (χ4n) is 6.47. The van der Waals surface area contributed by atoms with Gasteiger partial charge in [0.2, 0.25) is 0 Å². The third-order valence-corrected chi connectivity index (χ3v) is 8.70. The zero-order valence-corrected chi connectivity index (χ0v) is 21.9. The van der Waals surface area contributed by atoms with Crippen molar-refractivity contribution in [3.05, 3.63) is 64.7 Å². The van der Waals surface area contributed by atoms with Crippen molar-refractivity contribution in [1.29, 1.82) is 0 Å². The molecule has 9 heteroatoms. The minimum absolute atomic E-state index is 0.120. The molecule has 2 saturated carbocycles. The number of ether oxygens (including phenoxy) is 3. The van der Waals surface area contributed by atoms with E-state index in [1.165, 1.54) is 6.07 Å². The van der Waals surface area contributed by atoms with Gasteiger partial charge in [-0.15, -0.1) is 0 Å². The first-order valence-electron chi connectivity index (χ1n) is 13.8. The fraction of sp³-hybridized carbons (Fsp3) is 0.600. The average molecular weight is 557 g/mol. The molecule has 1 aliphatic heterocycles. The molecule has 0 aromatic heterocycles. The maximum atomic E-state index is 15.0. The number of hydrogen-bond donors (Lipinski definition) is 0. The van der Waals surface area contributed by atoms with Crippen LogP contribution in [-0.4, -0.2) is 19.3 Å². The van der Waals surface area contributed by atoms with Crippen molar-refractivity contribution in [2.75, 3.05) is 13.2 Å². The number of rotatable bonds is 6. The third kappa shape index (κ3) is 6.40. The smallest absolute Gasteiger partial charge is 0.400 e. The molecule has 39 heavy (non-hydrogen) atoms. The van der Waals surface area contributed by atoms with Gasteiger partial charge in [0.1, 0.15) is 11.6 Å². The molecule has 214 valence electrons. The van der Waals surface area contributed by atoms with Crippen LogP contribution in [0.5, 0.6) is 5.75 Å². The lowest BCUT2D eigenvalue weighted by molar-refractivity contribution is -0.224. The van der Waals surface area contributed by atoms with Crippen LogP contribution in [0.4, 0.5) is 26.3 Å². The zero-order chi connectivity index (χ0) is 27.7. The molecule has 0 atom stereocenters. The van der Waals surface area contributed by atoms with Crippen molar-refractivity contribution in [2.45, 2.75) is 76.6 Å². The standard InChI is InChI=1S/C30H34F6O3/c1-17-15-37-29(38-16-17)21-8-11-24(25(31)12-21)20-4-2-18(3-5-20)19-6-9-22(10-7-19)30(35,36)39-23-13-26(32)28(34)27(33)14-23/h8,11-14,17-20,22,29H,2-7,9-10,15-16H2,1H3. The van der Waals surface area contributed by atoms with Crippen molar-refractivity contribution >= 4 is 0 Å². The van der Waals surface area contributed by atoms with E-state index in [1.54, 1.807) is 0 Å². The molecule has 2 aromatic rings. The molecule has 0 bridgehead atoms. The van der Waals surface area contributed by atoms with Gasteiger partial charge >= 0.3 is 6.11 Å². The topological polar surface area (TPSA) is 27.7 Å². The van der Waals surface area contributed by atoms with E-state index < -0.39 is 41.5 Å². The van der Waals surface area contributed by atoms with Gasteiger partial charge in [-0.25, -0.2) is 17.6 Å². The summed E-state index contributed by atoms with van der Waals surface area (Å²) in [6.07, 6.45) is 1.02.